The number of hydrogen-bond acceptors (Lipinski definition) is 8. The zero-order valence-corrected chi connectivity index (χ0v) is 16.1. The van der Waals surface area contributed by atoms with E-state index in [4.69, 9.17) is 25.8 Å². The molecule has 1 saturated heterocycles. The normalized spacial score (nSPS) is 20.3. The smallest absolute Gasteiger partial charge is 0.224 e. The number of ether oxygens (including phenoxy) is 3. The number of nitrogens with zero attached hydrogens (tertiary/aromatic N) is 2. The second-order valence-corrected chi connectivity index (χ2v) is 6.90. The maximum atomic E-state index is 11.2. The fraction of sp³-hybridized carbons (Fsp3) is 0.350. The van der Waals surface area contributed by atoms with E-state index in [-0.39, 0.29) is 12.6 Å². The van der Waals surface area contributed by atoms with Crippen molar-refractivity contribution in [3.05, 3.63) is 40.2 Å². The van der Waals surface area contributed by atoms with Gasteiger partial charge < -0.3 is 24.6 Å². The van der Waals surface area contributed by atoms with Gasteiger partial charge in [0.15, 0.2) is 17.8 Å². The van der Waals surface area contributed by atoms with Crippen molar-refractivity contribution in [1.29, 1.82) is 0 Å². The molecule has 29 heavy (non-hydrogen) atoms. The van der Waals surface area contributed by atoms with Crippen LogP contribution in [-0.4, -0.2) is 59.9 Å². The fourth-order valence-electron chi connectivity index (χ4n) is 3.06. The number of aliphatic hydroxyl groups is 1. The van der Waals surface area contributed by atoms with Gasteiger partial charge in [-0.15, -0.1) is 0 Å². The lowest BCUT2D eigenvalue weighted by molar-refractivity contribution is -0.0136. The van der Waals surface area contributed by atoms with Crippen LogP contribution in [0.4, 0.5) is 5.95 Å². The van der Waals surface area contributed by atoms with Gasteiger partial charge in [-0.3, -0.25) is 4.79 Å². The van der Waals surface area contributed by atoms with Crippen LogP contribution in [0.15, 0.2) is 18.3 Å². The minimum atomic E-state index is -0.641. The summed E-state index contributed by atoms with van der Waals surface area (Å²) in [6, 6.07) is 3.11. The number of nitrogens with one attached hydrogen (secondary N) is 1. The molecule has 150 valence electrons. The molecule has 2 aromatic rings. The van der Waals surface area contributed by atoms with Crippen LogP contribution >= 0.6 is 11.6 Å². The number of anilines is 1. The van der Waals surface area contributed by atoms with Crippen LogP contribution in [0, 0.1) is 11.8 Å². The number of aromatic nitrogens is 2. The van der Waals surface area contributed by atoms with E-state index < -0.39 is 6.10 Å². The van der Waals surface area contributed by atoms with Gasteiger partial charge in [0.2, 0.25) is 5.95 Å². The standard InChI is InChI=1S/C20H18ClN3O5/c21-14-9-22-20(24-16-5-6-27-11-17(16)26)23-15(14)4-3-12-1-2-13(10-25)19-18(12)28-7-8-29-19/h1-2,9-10,16-17,26H,5-8,11H2,(H,22,23,24)/t16-,17-/m1/s1. The van der Waals surface area contributed by atoms with Crippen LogP contribution in [-0.2, 0) is 4.74 Å². The first-order valence-corrected chi connectivity index (χ1v) is 9.48. The molecular weight excluding hydrogens is 398 g/mol. The van der Waals surface area contributed by atoms with Crippen LogP contribution in [0.5, 0.6) is 11.5 Å². The van der Waals surface area contributed by atoms with Gasteiger partial charge in [-0.25, -0.2) is 9.97 Å². The summed E-state index contributed by atoms with van der Waals surface area (Å²) in [5.41, 5.74) is 1.30. The number of carbonyl (C=O) groups excluding carboxylic acids is 1. The molecule has 8 nitrogen and oxygen atoms in total. The van der Waals surface area contributed by atoms with Crippen molar-refractivity contribution in [3.63, 3.8) is 0 Å². The van der Waals surface area contributed by atoms with Gasteiger partial charge >= 0.3 is 0 Å². The number of aliphatic hydroxyl groups excluding tert-OH is 1. The topological polar surface area (TPSA) is 103 Å². The van der Waals surface area contributed by atoms with E-state index in [9.17, 15) is 9.90 Å². The Morgan fingerprint density at radius 2 is 2.03 bits per heavy atom. The SMILES string of the molecule is O=Cc1ccc(C#Cc2nc(N[C@@H]3CCOC[C@H]3O)ncc2Cl)c2c1OCCO2. The van der Waals surface area contributed by atoms with Crippen molar-refractivity contribution in [2.75, 3.05) is 31.7 Å². The Labute approximate surface area is 172 Å². The summed E-state index contributed by atoms with van der Waals surface area (Å²) in [4.78, 5) is 19.7. The number of rotatable bonds is 3. The van der Waals surface area contributed by atoms with Crippen molar-refractivity contribution >= 4 is 23.8 Å². The molecule has 2 N–H and O–H groups in total. The molecule has 2 aliphatic heterocycles. The molecule has 1 aromatic carbocycles. The van der Waals surface area contributed by atoms with Crippen LogP contribution in [0.3, 0.4) is 0 Å². The van der Waals surface area contributed by atoms with Crippen molar-refractivity contribution < 1.29 is 24.1 Å². The molecule has 1 fully saturated rings. The Morgan fingerprint density at radius 3 is 2.83 bits per heavy atom. The highest BCUT2D eigenvalue weighted by molar-refractivity contribution is 6.31. The summed E-state index contributed by atoms with van der Waals surface area (Å²) in [5.74, 6) is 7.05. The summed E-state index contributed by atoms with van der Waals surface area (Å²) in [7, 11) is 0. The molecule has 3 heterocycles. The monoisotopic (exact) mass is 415 g/mol. The van der Waals surface area contributed by atoms with Crippen LogP contribution in [0.25, 0.3) is 0 Å². The molecule has 0 aliphatic carbocycles. The maximum Gasteiger partial charge on any atom is 0.224 e. The Balaban J connectivity index is 1.61. The summed E-state index contributed by atoms with van der Waals surface area (Å²) < 4.78 is 16.4. The average Bonchev–Trinajstić information content (AvgIpc) is 2.75. The lowest BCUT2D eigenvalue weighted by atomic mass is 10.1. The number of carbonyl (C=O) groups is 1. The van der Waals surface area contributed by atoms with Crippen LogP contribution in [0.1, 0.15) is 28.0 Å². The molecular formula is C20H18ClN3O5. The fourth-order valence-corrected chi connectivity index (χ4v) is 3.20. The number of fused-ring (bicyclic) bond motifs is 1. The van der Waals surface area contributed by atoms with Gasteiger partial charge in [0.25, 0.3) is 0 Å². The minimum Gasteiger partial charge on any atom is -0.485 e. The summed E-state index contributed by atoms with van der Waals surface area (Å²) in [6.07, 6.45) is 2.17. The third-order valence-electron chi connectivity index (χ3n) is 4.55. The lowest BCUT2D eigenvalue weighted by Gasteiger charge is -2.28. The highest BCUT2D eigenvalue weighted by Crippen LogP contribution is 2.36. The third-order valence-corrected chi connectivity index (χ3v) is 4.82. The summed E-state index contributed by atoms with van der Waals surface area (Å²) in [5, 5.41) is 13.4. The van der Waals surface area contributed by atoms with Crippen molar-refractivity contribution in [2.24, 2.45) is 0 Å². The number of halogens is 1. The van der Waals surface area contributed by atoms with Gasteiger partial charge in [-0.1, -0.05) is 17.5 Å². The highest BCUT2D eigenvalue weighted by atomic mass is 35.5. The predicted molar refractivity (Wildman–Crippen MR) is 105 cm³/mol. The van der Waals surface area contributed by atoms with Crippen molar-refractivity contribution in [1.82, 2.24) is 9.97 Å². The van der Waals surface area contributed by atoms with Gasteiger partial charge in [-0.05, 0) is 24.5 Å². The zero-order chi connectivity index (χ0) is 20.2. The Bertz CT molecular complexity index is 988. The summed E-state index contributed by atoms with van der Waals surface area (Å²) >= 11 is 6.20. The van der Waals surface area contributed by atoms with E-state index in [1.807, 2.05) is 0 Å². The van der Waals surface area contributed by atoms with Crippen LogP contribution < -0.4 is 14.8 Å². The first kappa shape index (κ1) is 19.5. The number of benzene rings is 1. The Morgan fingerprint density at radius 1 is 1.21 bits per heavy atom. The number of aldehydes is 1. The quantitative estimate of drug-likeness (QED) is 0.576. The molecule has 4 rings (SSSR count). The van der Waals surface area contributed by atoms with Gasteiger partial charge in [-0.2, -0.15) is 0 Å². The second kappa shape index (κ2) is 8.66. The van der Waals surface area contributed by atoms with E-state index in [1.54, 1.807) is 12.1 Å². The van der Waals surface area contributed by atoms with Gasteiger partial charge in [0, 0.05) is 6.61 Å². The zero-order valence-electron chi connectivity index (χ0n) is 15.4. The van der Waals surface area contributed by atoms with E-state index in [0.29, 0.717) is 71.8 Å². The maximum absolute atomic E-state index is 11.2. The summed E-state index contributed by atoms with van der Waals surface area (Å²) in [6.45, 7) is 1.57. The molecule has 9 heteroatoms. The number of hydrogen-bond donors (Lipinski definition) is 2. The largest absolute Gasteiger partial charge is 0.485 e. The molecule has 0 radical (unpaired) electrons. The molecule has 1 aromatic heterocycles. The van der Waals surface area contributed by atoms with Crippen LogP contribution in [0.2, 0.25) is 5.02 Å². The van der Waals surface area contributed by atoms with Crippen molar-refractivity contribution in [3.8, 4) is 23.3 Å². The third kappa shape index (κ3) is 4.27. The average molecular weight is 416 g/mol. The van der Waals surface area contributed by atoms with Crippen molar-refractivity contribution in [2.45, 2.75) is 18.6 Å². The minimum absolute atomic E-state index is 0.209. The molecule has 0 bridgehead atoms. The van der Waals surface area contributed by atoms with E-state index in [1.165, 1.54) is 6.20 Å². The predicted octanol–water partition coefficient (Wildman–Crippen LogP) is 1.68. The molecule has 0 saturated carbocycles. The molecule has 0 spiro atoms. The molecule has 2 atom stereocenters. The van der Waals surface area contributed by atoms with E-state index in [0.717, 1.165) is 0 Å². The molecule has 2 aliphatic rings. The molecule has 0 amide bonds. The lowest BCUT2D eigenvalue weighted by Crippen LogP contribution is -2.42. The van der Waals surface area contributed by atoms with Gasteiger partial charge in [0.1, 0.15) is 18.9 Å². The Hall–Kier alpha value is -2.86. The second-order valence-electron chi connectivity index (χ2n) is 6.50. The highest BCUT2D eigenvalue weighted by Gasteiger charge is 2.24. The molecule has 0 unspecified atom stereocenters. The Kier molecular flexibility index (Phi) is 5.81. The van der Waals surface area contributed by atoms with E-state index >= 15 is 0 Å². The van der Waals surface area contributed by atoms with E-state index in [2.05, 4.69) is 27.1 Å². The van der Waals surface area contributed by atoms with Gasteiger partial charge in [0.05, 0.1) is 41.1 Å². The first-order valence-electron chi connectivity index (χ1n) is 9.10. The first-order chi connectivity index (χ1) is 14.2.